The van der Waals surface area contributed by atoms with Crippen molar-refractivity contribution in [2.75, 3.05) is 5.75 Å². The Bertz CT molecular complexity index is 418. The number of hydrogen-bond acceptors (Lipinski definition) is 4. The third-order valence-electron chi connectivity index (χ3n) is 2.17. The van der Waals surface area contributed by atoms with E-state index in [0.29, 0.717) is 13.0 Å². The lowest BCUT2D eigenvalue weighted by Crippen LogP contribution is -2.28. The van der Waals surface area contributed by atoms with Crippen molar-refractivity contribution in [3.63, 3.8) is 0 Å². The van der Waals surface area contributed by atoms with Crippen LogP contribution < -0.4 is 5.48 Å². The van der Waals surface area contributed by atoms with Gasteiger partial charge in [-0.3, -0.25) is 9.39 Å². The van der Waals surface area contributed by atoms with Crippen molar-refractivity contribution in [1.29, 1.82) is 0 Å². The summed E-state index contributed by atoms with van der Waals surface area (Å²) in [7, 11) is -3.89. The van der Waals surface area contributed by atoms with E-state index in [1.807, 2.05) is 30.3 Å². The molecule has 0 fully saturated rings. The van der Waals surface area contributed by atoms with Crippen LogP contribution in [0.3, 0.4) is 0 Å². The second-order valence-corrected chi connectivity index (χ2v) is 5.44. The Hall–Kier alpha value is -0.950. The lowest BCUT2D eigenvalue weighted by atomic mass is 10.2. The Kier molecular flexibility index (Phi) is 5.57. The van der Waals surface area contributed by atoms with Gasteiger partial charge in [-0.05, 0) is 18.9 Å². The number of hydrogen-bond donors (Lipinski definition) is 2. The SMILES string of the molecule is CC(CCS(=O)(=O)O)NOCc1ccccc1. The molecular weight excluding hydrogens is 242 g/mol. The molecule has 1 aromatic carbocycles. The minimum absolute atomic E-state index is 0.138. The summed E-state index contributed by atoms with van der Waals surface area (Å²) < 4.78 is 29.6. The van der Waals surface area contributed by atoms with E-state index in [-0.39, 0.29) is 11.8 Å². The predicted molar refractivity (Wildman–Crippen MR) is 64.9 cm³/mol. The van der Waals surface area contributed by atoms with Crippen molar-refractivity contribution >= 4 is 10.1 Å². The molecule has 1 atom stereocenters. The third-order valence-corrected chi connectivity index (χ3v) is 2.93. The summed E-state index contributed by atoms with van der Waals surface area (Å²) in [4.78, 5) is 5.22. The highest BCUT2D eigenvalue weighted by Gasteiger charge is 2.08. The fraction of sp³-hybridized carbons (Fsp3) is 0.455. The van der Waals surface area contributed by atoms with Crippen LogP contribution in [0.2, 0.25) is 0 Å². The molecule has 0 aliphatic heterocycles. The Morgan fingerprint density at radius 2 is 2.00 bits per heavy atom. The third kappa shape index (κ3) is 7.06. The summed E-state index contributed by atoms with van der Waals surface area (Å²) in [5.41, 5.74) is 3.76. The molecular formula is C11H17NO4S. The topological polar surface area (TPSA) is 75.6 Å². The standard InChI is InChI=1S/C11H17NO4S/c1-10(7-8-17(13,14)15)12-16-9-11-5-3-2-4-6-11/h2-6,10,12H,7-9H2,1H3,(H,13,14,15). The van der Waals surface area contributed by atoms with E-state index >= 15 is 0 Å². The van der Waals surface area contributed by atoms with E-state index in [9.17, 15) is 8.42 Å². The lowest BCUT2D eigenvalue weighted by molar-refractivity contribution is 0.00691. The molecule has 0 heterocycles. The summed E-state index contributed by atoms with van der Waals surface area (Å²) in [6.45, 7) is 2.20. The van der Waals surface area contributed by atoms with E-state index in [1.165, 1.54) is 0 Å². The zero-order valence-electron chi connectivity index (χ0n) is 9.67. The van der Waals surface area contributed by atoms with Crippen molar-refractivity contribution in [2.24, 2.45) is 0 Å². The molecule has 0 amide bonds. The number of hydroxylamine groups is 1. The first-order chi connectivity index (χ1) is 7.97. The smallest absolute Gasteiger partial charge is 0.264 e. The monoisotopic (exact) mass is 259 g/mol. The van der Waals surface area contributed by atoms with E-state index in [1.54, 1.807) is 6.92 Å². The van der Waals surface area contributed by atoms with Crippen molar-refractivity contribution < 1.29 is 17.8 Å². The van der Waals surface area contributed by atoms with E-state index in [2.05, 4.69) is 5.48 Å². The first-order valence-corrected chi connectivity index (χ1v) is 6.95. The number of nitrogens with one attached hydrogen (secondary N) is 1. The molecule has 1 unspecified atom stereocenters. The van der Waals surface area contributed by atoms with Crippen LogP contribution in [0.15, 0.2) is 30.3 Å². The zero-order chi connectivity index (χ0) is 12.7. The highest BCUT2D eigenvalue weighted by atomic mass is 32.2. The van der Waals surface area contributed by atoms with Gasteiger partial charge in [-0.2, -0.15) is 13.9 Å². The zero-order valence-corrected chi connectivity index (χ0v) is 10.5. The van der Waals surface area contributed by atoms with Gasteiger partial charge in [0.25, 0.3) is 10.1 Å². The van der Waals surface area contributed by atoms with Gasteiger partial charge in [0.2, 0.25) is 0 Å². The van der Waals surface area contributed by atoms with Gasteiger partial charge in [0, 0.05) is 6.04 Å². The molecule has 0 aliphatic carbocycles. The van der Waals surface area contributed by atoms with Crippen LogP contribution in [-0.4, -0.2) is 24.8 Å². The van der Waals surface area contributed by atoms with Crippen LogP contribution in [0.25, 0.3) is 0 Å². The molecule has 0 radical (unpaired) electrons. The number of rotatable bonds is 7. The van der Waals surface area contributed by atoms with Crippen molar-refractivity contribution in [2.45, 2.75) is 26.0 Å². The second-order valence-electron chi connectivity index (χ2n) is 3.87. The first-order valence-electron chi connectivity index (χ1n) is 5.34. The van der Waals surface area contributed by atoms with Gasteiger partial charge >= 0.3 is 0 Å². The number of benzene rings is 1. The van der Waals surface area contributed by atoms with Crippen LogP contribution in [0.5, 0.6) is 0 Å². The Balaban J connectivity index is 2.18. The summed E-state index contributed by atoms with van der Waals surface area (Å²) in [5, 5.41) is 0. The molecule has 6 heteroatoms. The lowest BCUT2D eigenvalue weighted by Gasteiger charge is -2.12. The van der Waals surface area contributed by atoms with Crippen LogP contribution in [-0.2, 0) is 21.6 Å². The van der Waals surface area contributed by atoms with Crippen molar-refractivity contribution in [3.05, 3.63) is 35.9 Å². The molecule has 2 N–H and O–H groups in total. The maximum atomic E-state index is 10.5. The minimum atomic E-state index is -3.89. The van der Waals surface area contributed by atoms with Gasteiger partial charge in [-0.1, -0.05) is 30.3 Å². The van der Waals surface area contributed by atoms with Gasteiger partial charge in [0.15, 0.2) is 0 Å². The molecule has 17 heavy (non-hydrogen) atoms. The summed E-state index contributed by atoms with van der Waals surface area (Å²) in [6.07, 6.45) is 0.299. The van der Waals surface area contributed by atoms with Crippen LogP contribution >= 0.6 is 0 Å². The fourth-order valence-electron chi connectivity index (χ4n) is 1.23. The quantitative estimate of drug-likeness (QED) is 0.571. The molecule has 0 aliphatic rings. The molecule has 5 nitrogen and oxygen atoms in total. The average Bonchev–Trinajstić information content (AvgIpc) is 2.27. The average molecular weight is 259 g/mol. The van der Waals surface area contributed by atoms with Crippen LogP contribution in [0, 0.1) is 0 Å². The highest BCUT2D eigenvalue weighted by Crippen LogP contribution is 2.00. The molecule has 0 saturated carbocycles. The molecule has 0 bridgehead atoms. The van der Waals surface area contributed by atoms with Crippen molar-refractivity contribution in [1.82, 2.24) is 5.48 Å². The maximum Gasteiger partial charge on any atom is 0.264 e. The summed E-state index contributed by atoms with van der Waals surface area (Å²) >= 11 is 0. The maximum absolute atomic E-state index is 10.5. The van der Waals surface area contributed by atoms with Gasteiger partial charge in [0.05, 0.1) is 12.4 Å². The molecule has 0 saturated heterocycles. The van der Waals surface area contributed by atoms with E-state index < -0.39 is 10.1 Å². The predicted octanol–water partition coefficient (Wildman–Crippen LogP) is 1.37. The summed E-state index contributed by atoms with van der Waals surface area (Å²) in [5.74, 6) is -0.268. The van der Waals surface area contributed by atoms with Crippen LogP contribution in [0.1, 0.15) is 18.9 Å². The van der Waals surface area contributed by atoms with Gasteiger partial charge in [0.1, 0.15) is 0 Å². The molecule has 1 rings (SSSR count). The molecule has 0 spiro atoms. The van der Waals surface area contributed by atoms with Gasteiger partial charge in [-0.25, -0.2) is 0 Å². The van der Waals surface area contributed by atoms with Crippen molar-refractivity contribution in [3.8, 4) is 0 Å². The molecule has 1 aromatic rings. The highest BCUT2D eigenvalue weighted by molar-refractivity contribution is 7.85. The molecule has 0 aromatic heterocycles. The largest absolute Gasteiger partial charge is 0.297 e. The van der Waals surface area contributed by atoms with E-state index in [0.717, 1.165) is 5.56 Å². The Labute approximate surface area is 102 Å². The van der Waals surface area contributed by atoms with E-state index in [4.69, 9.17) is 9.39 Å². The Morgan fingerprint density at radius 3 is 2.59 bits per heavy atom. The van der Waals surface area contributed by atoms with Crippen LogP contribution in [0.4, 0.5) is 0 Å². The Morgan fingerprint density at radius 1 is 1.35 bits per heavy atom. The normalized spacial score (nSPS) is 13.5. The summed E-state index contributed by atoms with van der Waals surface area (Å²) in [6, 6.07) is 9.49. The van der Waals surface area contributed by atoms with Gasteiger partial charge in [-0.15, -0.1) is 0 Å². The minimum Gasteiger partial charge on any atom is -0.297 e. The molecule has 96 valence electrons. The second kappa shape index (κ2) is 6.70. The fourth-order valence-corrected chi connectivity index (χ4v) is 1.88. The van der Waals surface area contributed by atoms with Gasteiger partial charge < -0.3 is 0 Å². The first kappa shape index (κ1) is 14.1.